The topological polar surface area (TPSA) is 78.1 Å². The lowest BCUT2D eigenvalue weighted by Gasteiger charge is -2.26. The summed E-state index contributed by atoms with van der Waals surface area (Å²) in [5, 5.41) is 3.43. The van der Waals surface area contributed by atoms with Gasteiger partial charge in [0.2, 0.25) is 5.91 Å². The smallest absolute Gasteiger partial charge is 0.258 e. The summed E-state index contributed by atoms with van der Waals surface area (Å²) >= 11 is 0. The molecule has 0 spiro atoms. The number of aromatic amines is 1. The molecule has 1 saturated heterocycles. The highest BCUT2D eigenvalue weighted by Crippen LogP contribution is 2.37. The van der Waals surface area contributed by atoms with E-state index < -0.39 is 0 Å². The molecule has 2 N–H and O–H groups in total. The first-order valence-corrected chi connectivity index (χ1v) is 8.68. The van der Waals surface area contributed by atoms with Crippen molar-refractivity contribution < 1.29 is 4.79 Å². The highest BCUT2D eigenvalue weighted by molar-refractivity contribution is 5.77. The van der Waals surface area contributed by atoms with Crippen molar-refractivity contribution in [2.45, 2.75) is 38.3 Å². The number of fused-ring (bicyclic) bond motifs is 3. The molecule has 2 fully saturated rings. The van der Waals surface area contributed by atoms with Crippen LogP contribution >= 0.6 is 0 Å². The van der Waals surface area contributed by atoms with Gasteiger partial charge in [-0.05, 0) is 37.3 Å². The van der Waals surface area contributed by atoms with Crippen molar-refractivity contribution in [2.24, 2.45) is 5.92 Å². The van der Waals surface area contributed by atoms with E-state index in [0.29, 0.717) is 29.2 Å². The summed E-state index contributed by atoms with van der Waals surface area (Å²) in [7, 11) is 0. The second-order valence-electron chi connectivity index (χ2n) is 6.88. The maximum absolute atomic E-state index is 12.1. The average Bonchev–Trinajstić information content (AvgIpc) is 3.21. The Kier molecular flexibility index (Phi) is 4.06. The molecular weight excluding hydrogens is 304 g/mol. The Hall–Kier alpha value is -2.21. The summed E-state index contributed by atoms with van der Waals surface area (Å²) in [5.41, 5.74) is 0.483. The van der Waals surface area contributed by atoms with Crippen LogP contribution in [0.25, 0.3) is 10.9 Å². The first kappa shape index (κ1) is 15.3. The molecule has 2 bridgehead atoms. The molecule has 6 heteroatoms. The summed E-state index contributed by atoms with van der Waals surface area (Å²) < 4.78 is 0. The first-order valence-electron chi connectivity index (χ1n) is 8.68. The van der Waals surface area contributed by atoms with E-state index >= 15 is 0 Å². The summed E-state index contributed by atoms with van der Waals surface area (Å²) in [6, 6.07) is 7.90. The fraction of sp³-hybridized carbons (Fsp3) is 0.500. The fourth-order valence-corrected chi connectivity index (χ4v) is 4.04. The number of amides is 1. The molecule has 0 radical (unpaired) electrons. The van der Waals surface area contributed by atoms with Gasteiger partial charge in [0.25, 0.3) is 5.56 Å². The van der Waals surface area contributed by atoms with E-state index in [9.17, 15) is 9.59 Å². The molecule has 2 atom stereocenters. The van der Waals surface area contributed by atoms with Crippen molar-refractivity contribution in [3.05, 3.63) is 40.4 Å². The Bertz CT molecular complexity index is 816. The van der Waals surface area contributed by atoms with Gasteiger partial charge in [-0.15, -0.1) is 0 Å². The van der Waals surface area contributed by atoms with Gasteiger partial charge in [-0.1, -0.05) is 12.1 Å². The van der Waals surface area contributed by atoms with Crippen LogP contribution in [0, 0.1) is 5.92 Å². The molecule has 6 nitrogen and oxygen atoms in total. The van der Waals surface area contributed by atoms with Crippen molar-refractivity contribution in [3.8, 4) is 0 Å². The molecule has 126 valence electrons. The molecule has 1 aliphatic heterocycles. The number of aromatic nitrogens is 2. The normalized spacial score (nSPS) is 23.0. The van der Waals surface area contributed by atoms with Crippen LogP contribution < -0.4 is 10.9 Å². The minimum absolute atomic E-state index is 0.00795. The van der Waals surface area contributed by atoms with Gasteiger partial charge in [-0.3, -0.25) is 14.5 Å². The molecule has 1 aromatic heterocycles. The van der Waals surface area contributed by atoms with Gasteiger partial charge >= 0.3 is 0 Å². The van der Waals surface area contributed by atoms with Gasteiger partial charge in [0.05, 0.1) is 17.4 Å². The highest BCUT2D eigenvalue weighted by Gasteiger charge is 2.37. The largest absolute Gasteiger partial charge is 0.349 e. The lowest BCUT2D eigenvalue weighted by Crippen LogP contribution is -2.36. The van der Waals surface area contributed by atoms with Crippen LogP contribution in [-0.4, -0.2) is 39.9 Å². The Balaban J connectivity index is 1.31. The van der Waals surface area contributed by atoms with Gasteiger partial charge in [0.15, 0.2) is 0 Å². The Labute approximate surface area is 140 Å². The summed E-state index contributed by atoms with van der Waals surface area (Å²) in [4.78, 5) is 33.6. The second kappa shape index (κ2) is 6.36. The van der Waals surface area contributed by atoms with E-state index in [1.54, 1.807) is 12.1 Å². The van der Waals surface area contributed by atoms with Crippen LogP contribution in [-0.2, 0) is 11.3 Å². The lowest BCUT2D eigenvalue weighted by molar-refractivity contribution is -0.121. The van der Waals surface area contributed by atoms with E-state index in [4.69, 9.17) is 0 Å². The fourth-order valence-electron chi connectivity index (χ4n) is 4.04. The van der Waals surface area contributed by atoms with Crippen LogP contribution in [0.5, 0.6) is 0 Å². The number of hydrogen-bond donors (Lipinski definition) is 2. The number of H-pyrrole nitrogens is 1. The maximum atomic E-state index is 12.1. The molecule has 4 rings (SSSR count). The molecule has 1 aliphatic carbocycles. The molecular formula is C18H22N4O2. The van der Waals surface area contributed by atoms with Crippen LogP contribution in [0.3, 0.4) is 0 Å². The lowest BCUT2D eigenvalue weighted by atomic mass is 10.1. The number of nitrogens with zero attached hydrogens (tertiary/aromatic N) is 2. The molecule has 2 aromatic rings. The number of para-hydroxylation sites is 1. The summed E-state index contributed by atoms with van der Waals surface area (Å²) in [6.07, 6.45) is 4.45. The van der Waals surface area contributed by atoms with Gasteiger partial charge in [-0.25, -0.2) is 4.98 Å². The number of likely N-dealkylation sites (tertiary alicyclic amines) is 1. The van der Waals surface area contributed by atoms with Crippen molar-refractivity contribution in [1.82, 2.24) is 20.2 Å². The first-order chi connectivity index (χ1) is 11.7. The molecule has 1 saturated carbocycles. The summed E-state index contributed by atoms with van der Waals surface area (Å²) in [5.74, 6) is 1.35. The predicted octanol–water partition coefficient (Wildman–Crippen LogP) is 1.41. The van der Waals surface area contributed by atoms with Gasteiger partial charge in [0, 0.05) is 25.6 Å². The molecule has 24 heavy (non-hydrogen) atoms. The number of carbonyl (C=O) groups is 1. The molecule has 2 aliphatic rings. The minimum atomic E-state index is -0.169. The van der Waals surface area contributed by atoms with E-state index in [0.717, 1.165) is 19.0 Å². The molecule has 0 unspecified atom stereocenters. The standard InChI is InChI=1S/C18H22N4O2/c23-17(7-8-22-11-12-5-6-13(22)9-12)19-10-16-20-15-4-2-1-3-14(15)18(24)21-16/h1-4,12-13H,5-11H2,(H,19,23)(H,20,21,24)/t12-,13+/m1/s1. The quantitative estimate of drug-likeness (QED) is 0.871. The van der Waals surface area contributed by atoms with E-state index in [1.807, 2.05) is 12.1 Å². The number of piperidine rings is 1. The van der Waals surface area contributed by atoms with Crippen molar-refractivity contribution in [3.63, 3.8) is 0 Å². The van der Waals surface area contributed by atoms with Gasteiger partial charge < -0.3 is 10.3 Å². The average molecular weight is 326 g/mol. The zero-order valence-corrected chi connectivity index (χ0v) is 13.6. The number of carbonyl (C=O) groups excluding carboxylic acids is 1. The SMILES string of the molecule is O=C(CCN1C[C@@H]2CC[C@H]1C2)NCc1nc2ccccc2c(=O)[nH]1. The highest BCUT2D eigenvalue weighted by atomic mass is 16.1. The van der Waals surface area contributed by atoms with Gasteiger partial charge in [0.1, 0.15) is 5.82 Å². The Morgan fingerprint density at radius 3 is 3.00 bits per heavy atom. The number of hydrogen-bond acceptors (Lipinski definition) is 4. The number of benzene rings is 1. The third-order valence-corrected chi connectivity index (χ3v) is 5.26. The number of rotatable bonds is 5. The molecule has 1 aromatic carbocycles. The zero-order chi connectivity index (χ0) is 16.5. The van der Waals surface area contributed by atoms with E-state index in [-0.39, 0.29) is 18.0 Å². The van der Waals surface area contributed by atoms with Gasteiger partial charge in [-0.2, -0.15) is 0 Å². The monoisotopic (exact) mass is 326 g/mol. The number of nitrogens with one attached hydrogen (secondary N) is 2. The molecule has 1 amide bonds. The predicted molar refractivity (Wildman–Crippen MR) is 91.5 cm³/mol. The summed E-state index contributed by atoms with van der Waals surface area (Å²) in [6.45, 7) is 2.23. The second-order valence-corrected chi connectivity index (χ2v) is 6.88. The van der Waals surface area contributed by atoms with Crippen LogP contribution in [0.2, 0.25) is 0 Å². The maximum Gasteiger partial charge on any atom is 0.258 e. The van der Waals surface area contributed by atoms with Crippen molar-refractivity contribution in [2.75, 3.05) is 13.1 Å². The third kappa shape index (κ3) is 3.06. The van der Waals surface area contributed by atoms with Crippen molar-refractivity contribution in [1.29, 1.82) is 0 Å². The minimum Gasteiger partial charge on any atom is -0.349 e. The molecule has 2 heterocycles. The third-order valence-electron chi connectivity index (χ3n) is 5.26. The van der Waals surface area contributed by atoms with E-state index in [1.165, 1.54) is 19.3 Å². The Morgan fingerprint density at radius 1 is 1.33 bits per heavy atom. The van der Waals surface area contributed by atoms with Crippen LogP contribution in [0.1, 0.15) is 31.5 Å². The van der Waals surface area contributed by atoms with Crippen LogP contribution in [0.15, 0.2) is 29.1 Å². The van der Waals surface area contributed by atoms with E-state index in [2.05, 4.69) is 20.2 Å². The van der Waals surface area contributed by atoms with Crippen molar-refractivity contribution >= 4 is 16.8 Å². The zero-order valence-electron chi connectivity index (χ0n) is 13.6. The van der Waals surface area contributed by atoms with Crippen LogP contribution in [0.4, 0.5) is 0 Å². The Morgan fingerprint density at radius 2 is 2.21 bits per heavy atom.